The number of phenols is 1. The number of phenolic OH excluding ortho intramolecular Hbond substituents is 1. The average molecular weight is 322 g/mol. The van der Waals surface area contributed by atoms with Crippen LogP contribution < -0.4 is 0 Å². The Hall–Kier alpha value is -3.08. The van der Waals surface area contributed by atoms with Crippen molar-refractivity contribution in [2.24, 2.45) is 4.99 Å². The van der Waals surface area contributed by atoms with Gasteiger partial charge in [-0.25, -0.2) is 4.99 Å². The molecule has 1 aromatic heterocycles. The Balaban J connectivity index is 1.93. The van der Waals surface area contributed by atoms with Gasteiger partial charge in [0.15, 0.2) is 0 Å². The normalized spacial score (nSPS) is 11.2. The molecule has 24 heavy (non-hydrogen) atoms. The second kappa shape index (κ2) is 7.00. The first kappa shape index (κ1) is 15.8. The van der Waals surface area contributed by atoms with Crippen LogP contribution in [0.4, 0.5) is 5.82 Å². The van der Waals surface area contributed by atoms with Crippen LogP contribution in [0.15, 0.2) is 53.5 Å². The van der Waals surface area contributed by atoms with Crippen LogP contribution in [0.25, 0.3) is 10.9 Å². The highest BCUT2D eigenvalue weighted by atomic mass is 16.5. The Morgan fingerprint density at radius 3 is 2.71 bits per heavy atom. The molecule has 0 spiro atoms. The first-order chi connectivity index (χ1) is 11.7. The maximum absolute atomic E-state index is 11.5. The number of aromatic nitrogens is 1. The maximum atomic E-state index is 11.5. The average Bonchev–Trinajstić information content (AvgIpc) is 2.96. The van der Waals surface area contributed by atoms with Crippen molar-refractivity contribution in [3.05, 3.63) is 59.7 Å². The van der Waals surface area contributed by atoms with Gasteiger partial charge in [0.1, 0.15) is 11.6 Å². The lowest BCUT2D eigenvalue weighted by molar-refractivity contribution is -0.140. The van der Waals surface area contributed by atoms with E-state index in [1.54, 1.807) is 30.5 Å². The Labute approximate surface area is 139 Å². The van der Waals surface area contributed by atoms with E-state index < -0.39 is 0 Å². The number of ether oxygens (including phenoxy) is 1. The number of aromatic hydroxyl groups is 1. The molecule has 0 saturated carbocycles. The van der Waals surface area contributed by atoms with Crippen LogP contribution in [0.5, 0.6) is 5.75 Å². The summed E-state index contributed by atoms with van der Waals surface area (Å²) in [6.45, 7) is 0. The number of hydrogen-bond donors (Lipinski definition) is 2. The largest absolute Gasteiger partial charge is 0.508 e. The first-order valence-electron chi connectivity index (χ1n) is 7.67. The smallest absolute Gasteiger partial charge is 0.305 e. The number of H-pyrrole nitrogens is 1. The van der Waals surface area contributed by atoms with Gasteiger partial charge in [-0.1, -0.05) is 18.2 Å². The van der Waals surface area contributed by atoms with Gasteiger partial charge >= 0.3 is 5.97 Å². The summed E-state index contributed by atoms with van der Waals surface area (Å²) in [5, 5.41) is 10.4. The fourth-order valence-corrected chi connectivity index (χ4v) is 2.58. The maximum Gasteiger partial charge on any atom is 0.305 e. The molecule has 0 bridgehead atoms. The standard InChI is InChI=1S/C19H18N2O3/c1-24-18(23)11-10-16-15-4-2-3-5-17(15)21-19(16)20-12-13-6-8-14(22)9-7-13/h2-9,12,21-22H,10-11H2,1H3. The zero-order chi connectivity index (χ0) is 16.9. The summed E-state index contributed by atoms with van der Waals surface area (Å²) >= 11 is 0. The number of aliphatic imine (C=N–C) groups is 1. The van der Waals surface area contributed by atoms with Gasteiger partial charge in [-0.2, -0.15) is 0 Å². The minimum atomic E-state index is -0.242. The van der Waals surface area contributed by atoms with Crippen LogP contribution in [0.2, 0.25) is 0 Å². The second-order valence-electron chi connectivity index (χ2n) is 5.42. The molecule has 0 aliphatic heterocycles. The van der Waals surface area contributed by atoms with Gasteiger partial charge in [0, 0.05) is 29.1 Å². The fourth-order valence-electron chi connectivity index (χ4n) is 2.58. The number of aromatic amines is 1. The lowest BCUT2D eigenvalue weighted by atomic mass is 10.1. The molecule has 0 saturated heterocycles. The molecule has 3 aromatic rings. The summed E-state index contributed by atoms with van der Waals surface area (Å²) in [5.41, 5.74) is 2.85. The quantitative estimate of drug-likeness (QED) is 0.555. The highest BCUT2D eigenvalue weighted by Crippen LogP contribution is 2.29. The number of rotatable bonds is 5. The van der Waals surface area contributed by atoms with Crippen LogP contribution in [-0.2, 0) is 16.0 Å². The number of nitrogens with zero attached hydrogens (tertiary/aromatic N) is 1. The summed E-state index contributed by atoms with van der Waals surface area (Å²) in [6.07, 6.45) is 2.59. The third-order valence-electron chi connectivity index (χ3n) is 3.83. The van der Waals surface area contributed by atoms with E-state index in [1.165, 1.54) is 7.11 Å². The summed E-state index contributed by atoms with van der Waals surface area (Å²) in [7, 11) is 1.39. The van der Waals surface area contributed by atoms with Crippen LogP contribution >= 0.6 is 0 Å². The van der Waals surface area contributed by atoms with Gasteiger partial charge < -0.3 is 14.8 Å². The number of benzene rings is 2. The third-order valence-corrected chi connectivity index (χ3v) is 3.83. The molecule has 0 aliphatic carbocycles. The highest BCUT2D eigenvalue weighted by molar-refractivity contribution is 5.91. The molecule has 122 valence electrons. The number of para-hydroxylation sites is 1. The SMILES string of the molecule is COC(=O)CCc1c(N=Cc2ccc(O)cc2)[nH]c2ccccc12. The monoisotopic (exact) mass is 322 g/mol. The summed E-state index contributed by atoms with van der Waals surface area (Å²) in [5.74, 6) is 0.707. The van der Waals surface area contributed by atoms with Crippen molar-refractivity contribution in [3.8, 4) is 5.75 Å². The minimum Gasteiger partial charge on any atom is -0.508 e. The van der Waals surface area contributed by atoms with E-state index in [1.807, 2.05) is 24.3 Å². The molecule has 2 aromatic carbocycles. The number of carbonyl (C=O) groups is 1. The molecular formula is C19H18N2O3. The number of aryl methyl sites for hydroxylation is 1. The number of hydrogen-bond acceptors (Lipinski definition) is 4. The summed E-state index contributed by atoms with van der Waals surface area (Å²) in [4.78, 5) is 19.3. The van der Waals surface area contributed by atoms with E-state index in [0.29, 0.717) is 12.8 Å². The third kappa shape index (κ3) is 3.46. The van der Waals surface area contributed by atoms with E-state index in [-0.39, 0.29) is 11.7 Å². The summed E-state index contributed by atoms with van der Waals surface area (Å²) in [6, 6.07) is 14.7. The van der Waals surface area contributed by atoms with Crippen LogP contribution in [0.1, 0.15) is 17.5 Å². The number of methoxy groups -OCH3 is 1. The van der Waals surface area contributed by atoms with Crippen molar-refractivity contribution in [3.63, 3.8) is 0 Å². The van der Waals surface area contributed by atoms with E-state index >= 15 is 0 Å². The predicted octanol–water partition coefficient (Wildman–Crippen LogP) is 3.73. The van der Waals surface area contributed by atoms with Gasteiger partial charge in [-0.15, -0.1) is 0 Å². The van der Waals surface area contributed by atoms with E-state index in [2.05, 4.69) is 9.98 Å². The molecule has 0 radical (unpaired) electrons. The number of carbonyl (C=O) groups excluding carboxylic acids is 1. The topological polar surface area (TPSA) is 74.7 Å². The molecule has 0 unspecified atom stereocenters. The van der Waals surface area contributed by atoms with Crippen LogP contribution in [0, 0.1) is 0 Å². The second-order valence-corrected chi connectivity index (χ2v) is 5.42. The molecule has 3 rings (SSSR count). The fraction of sp³-hybridized carbons (Fsp3) is 0.158. The van der Waals surface area contributed by atoms with Crippen LogP contribution in [0.3, 0.4) is 0 Å². The first-order valence-corrected chi connectivity index (χ1v) is 7.67. The number of esters is 1. The summed E-state index contributed by atoms with van der Waals surface area (Å²) < 4.78 is 4.73. The number of nitrogens with one attached hydrogen (secondary N) is 1. The predicted molar refractivity (Wildman–Crippen MR) is 94.0 cm³/mol. The lowest BCUT2D eigenvalue weighted by Crippen LogP contribution is -2.01. The molecule has 0 aliphatic rings. The molecule has 2 N–H and O–H groups in total. The molecule has 1 heterocycles. The van der Waals surface area contributed by atoms with Gasteiger partial charge in [0.2, 0.25) is 0 Å². The molecular weight excluding hydrogens is 304 g/mol. The van der Waals surface area contributed by atoms with Gasteiger partial charge in [-0.3, -0.25) is 4.79 Å². The molecule has 0 atom stereocenters. The van der Waals surface area contributed by atoms with Crippen molar-refractivity contribution in [2.45, 2.75) is 12.8 Å². The van der Waals surface area contributed by atoms with Crippen molar-refractivity contribution in [1.29, 1.82) is 0 Å². The Bertz CT molecular complexity index is 879. The lowest BCUT2D eigenvalue weighted by Gasteiger charge is -2.01. The van der Waals surface area contributed by atoms with Gasteiger partial charge in [0.25, 0.3) is 0 Å². The van der Waals surface area contributed by atoms with Gasteiger partial charge in [-0.05, 0) is 42.3 Å². The van der Waals surface area contributed by atoms with E-state index in [4.69, 9.17) is 4.74 Å². The Morgan fingerprint density at radius 2 is 1.96 bits per heavy atom. The van der Waals surface area contributed by atoms with Crippen molar-refractivity contribution >= 4 is 28.9 Å². The molecule has 0 fully saturated rings. The van der Waals surface area contributed by atoms with E-state index in [0.717, 1.165) is 27.8 Å². The Morgan fingerprint density at radius 1 is 1.21 bits per heavy atom. The van der Waals surface area contributed by atoms with Crippen LogP contribution in [-0.4, -0.2) is 29.4 Å². The zero-order valence-electron chi connectivity index (χ0n) is 13.3. The zero-order valence-corrected chi connectivity index (χ0v) is 13.3. The molecule has 5 nitrogen and oxygen atoms in total. The van der Waals surface area contributed by atoms with Gasteiger partial charge in [0.05, 0.1) is 7.11 Å². The number of fused-ring (bicyclic) bond motifs is 1. The minimum absolute atomic E-state index is 0.219. The van der Waals surface area contributed by atoms with Crippen molar-refractivity contribution in [2.75, 3.05) is 7.11 Å². The van der Waals surface area contributed by atoms with E-state index in [9.17, 15) is 9.90 Å². The molecule has 5 heteroatoms. The Kier molecular flexibility index (Phi) is 4.61. The van der Waals surface area contributed by atoms with Crippen molar-refractivity contribution in [1.82, 2.24) is 4.98 Å². The highest BCUT2D eigenvalue weighted by Gasteiger charge is 2.12. The molecule has 0 amide bonds. The van der Waals surface area contributed by atoms with Crippen molar-refractivity contribution < 1.29 is 14.6 Å².